The number of carbonyl (C=O) groups excluding carboxylic acids is 1. The highest BCUT2D eigenvalue weighted by Crippen LogP contribution is 2.24. The Labute approximate surface area is 165 Å². The zero-order valence-corrected chi connectivity index (χ0v) is 16.8. The largest absolute Gasteiger partial charge is 0.467 e. The standard InChI is InChI=1S/C20H21N5O4/c1-11-12(2)24-15-16(21-19(24)23(11)14-9-7-6-8-10-14)22(4)20(28)25(17(15)26)13(3)18(27)29-5/h6-10,13H,1-5H3/t13-/m1/s1. The van der Waals surface area contributed by atoms with Gasteiger partial charge in [0.05, 0.1) is 7.11 Å². The van der Waals surface area contributed by atoms with E-state index in [1.54, 1.807) is 4.40 Å². The Bertz CT molecular complexity index is 1390. The monoisotopic (exact) mass is 395 g/mol. The van der Waals surface area contributed by atoms with E-state index in [9.17, 15) is 14.4 Å². The van der Waals surface area contributed by atoms with Crippen molar-refractivity contribution in [2.45, 2.75) is 26.8 Å². The lowest BCUT2D eigenvalue weighted by Crippen LogP contribution is -2.43. The summed E-state index contributed by atoms with van der Waals surface area (Å²) in [5.74, 6) is -0.143. The fourth-order valence-corrected chi connectivity index (χ4v) is 3.72. The number of aromatic nitrogens is 5. The number of fused-ring (bicyclic) bond motifs is 3. The van der Waals surface area contributed by atoms with Crippen LogP contribution in [0.1, 0.15) is 24.4 Å². The Morgan fingerprint density at radius 3 is 2.38 bits per heavy atom. The number of hydrogen-bond acceptors (Lipinski definition) is 5. The van der Waals surface area contributed by atoms with Crippen molar-refractivity contribution < 1.29 is 9.53 Å². The van der Waals surface area contributed by atoms with Gasteiger partial charge >= 0.3 is 11.7 Å². The Morgan fingerprint density at radius 2 is 1.76 bits per heavy atom. The van der Waals surface area contributed by atoms with E-state index in [0.717, 1.165) is 21.6 Å². The van der Waals surface area contributed by atoms with Crippen molar-refractivity contribution in [3.63, 3.8) is 0 Å². The summed E-state index contributed by atoms with van der Waals surface area (Å²) in [6.07, 6.45) is 0. The highest BCUT2D eigenvalue weighted by Gasteiger charge is 2.27. The molecule has 0 amide bonds. The van der Waals surface area contributed by atoms with E-state index in [1.165, 1.54) is 25.6 Å². The maximum absolute atomic E-state index is 13.3. The highest BCUT2D eigenvalue weighted by atomic mass is 16.5. The lowest BCUT2D eigenvalue weighted by atomic mass is 10.3. The molecule has 9 nitrogen and oxygen atoms in total. The number of ether oxygens (including phenoxy) is 1. The van der Waals surface area contributed by atoms with Gasteiger partial charge < -0.3 is 4.74 Å². The first kappa shape index (κ1) is 18.7. The average Bonchev–Trinajstić information content (AvgIpc) is 3.22. The minimum absolute atomic E-state index is 0.244. The number of rotatable bonds is 3. The lowest BCUT2D eigenvalue weighted by molar-refractivity contribution is -0.144. The molecular formula is C20H21N5O4. The average molecular weight is 395 g/mol. The van der Waals surface area contributed by atoms with Gasteiger partial charge in [-0.1, -0.05) is 18.2 Å². The van der Waals surface area contributed by atoms with Crippen LogP contribution in [0.4, 0.5) is 0 Å². The van der Waals surface area contributed by atoms with Crippen LogP contribution in [-0.4, -0.2) is 36.2 Å². The van der Waals surface area contributed by atoms with Crippen molar-refractivity contribution in [3.8, 4) is 5.69 Å². The van der Waals surface area contributed by atoms with Crippen LogP contribution in [0, 0.1) is 13.8 Å². The molecule has 1 aromatic carbocycles. The van der Waals surface area contributed by atoms with E-state index in [-0.39, 0.29) is 11.2 Å². The molecule has 0 saturated carbocycles. The molecule has 3 aromatic heterocycles. The van der Waals surface area contributed by atoms with Gasteiger partial charge in [0.25, 0.3) is 5.56 Å². The Morgan fingerprint density at radius 1 is 1.10 bits per heavy atom. The van der Waals surface area contributed by atoms with E-state index in [2.05, 4.69) is 4.98 Å². The third-order valence-electron chi connectivity index (χ3n) is 5.41. The van der Waals surface area contributed by atoms with Gasteiger partial charge in [-0.3, -0.25) is 18.3 Å². The molecule has 3 heterocycles. The summed E-state index contributed by atoms with van der Waals surface area (Å²) in [5, 5.41) is 0. The van der Waals surface area contributed by atoms with Gasteiger partial charge in [0, 0.05) is 24.1 Å². The molecule has 0 saturated heterocycles. The summed E-state index contributed by atoms with van der Waals surface area (Å²) in [5.41, 5.74) is 1.93. The predicted octanol–water partition coefficient (Wildman–Crippen LogP) is 1.49. The van der Waals surface area contributed by atoms with Crippen LogP contribution in [0.15, 0.2) is 39.9 Å². The Balaban J connectivity index is 2.18. The van der Waals surface area contributed by atoms with Gasteiger partial charge in [0.2, 0.25) is 5.78 Å². The second kappa shape index (κ2) is 6.47. The van der Waals surface area contributed by atoms with E-state index in [1.807, 2.05) is 48.7 Å². The molecule has 1 atom stereocenters. The van der Waals surface area contributed by atoms with Crippen LogP contribution in [0.25, 0.3) is 22.6 Å². The molecule has 9 heteroatoms. The van der Waals surface area contributed by atoms with E-state index < -0.39 is 23.3 Å². The highest BCUT2D eigenvalue weighted by molar-refractivity contribution is 5.78. The first-order valence-corrected chi connectivity index (χ1v) is 9.14. The normalized spacial score (nSPS) is 12.6. The van der Waals surface area contributed by atoms with Crippen LogP contribution < -0.4 is 11.2 Å². The molecule has 29 heavy (non-hydrogen) atoms. The van der Waals surface area contributed by atoms with Crippen molar-refractivity contribution in [2.75, 3.05) is 7.11 Å². The van der Waals surface area contributed by atoms with Crippen molar-refractivity contribution >= 4 is 22.9 Å². The number of carbonyl (C=O) groups is 1. The molecular weight excluding hydrogens is 374 g/mol. The third kappa shape index (κ3) is 2.47. The molecule has 4 rings (SSSR count). The van der Waals surface area contributed by atoms with E-state index in [4.69, 9.17) is 4.74 Å². The summed E-state index contributed by atoms with van der Waals surface area (Å²) in [7, 11) is 2.75. The first-order chi connectivity index (χ1) is 13.8. The van der Waals surface area contributed by atoms with Crippen LogP contribution in [0.3, 0.4) is 0 Å². The van der Waals surface area contributed by atoms with Crippen LogP contribution in [-0.2, 0) is 16.6 Å². The first-order valence-electron chi connectivity index (χ1n) is 9.14. The quantitative estimate of drug-likeness (QED) is 0.490. The van der Waals surface area contributed by atoms with Crippen molar-refractivity contribution in [2.24, 2.45) is 7.05 Å². The fraction of sp³-hybridized carbons (Fsp3) is 0.300. The van der Waals surface area contributed by atoms with Gasteiger partial charge in [-0.15, -0.1) is 0 Å². The number of nitrogens with zero attached hydrogens (tertiary/aromatic N) is 5. The number of benzene rings is 1. The molecule has 0 aliphatic carbocycles. The van der Waals surface area contributed by atoms with E-state index >= 15 is 0 Å². The minimum atomic E-state index is -1.06. The molecule has 0 bridgehead atoms. The lowest BCUT2D eigenvalue weighted by Gasteiger charge is -2.13. The molecule has 0 fully saturated rings. The molecule has 4 aromatic rings. The second-order valence-electron chi connectivity index (χ2n) is 6.98. The van der Waals surface area contributed by atoms with Crippen molar-refractivity contribution in [1.82, 2.24) is 23.1 Å². The maximum Gasteiger partial charge on any atom is 0.333 e. The number of aryl methyl sites for hydroxylation is 2. The summed E-state index contributed by atoms with van der Waals surface area (Å²) in [6.45, 7) is 5.30. The van der Waals surface area contributed by atoms with Crippen molar-refractivity contribution in [3.05, 3.63) is 62.6 Å². The summed E-state index contributed by atoms with van der Waals surface area (Å²) < 4.78 is 10.6. The summed E-state index contributed by atoms with van der Waals surface area (Å²) >= 11 is 0. The molecule has 0 unspecified atom stereocenters. The Hall–Kier alpha value is -3.62. The smallest absolute Gasteiger partial charge is 0.333 e. The molecule has 150 valence electrons. The summed E-state index contributed by atoms with van der Waals surface area (Å²) in [6, 6.07) is 8.60. The molecule has 0 spiro atoms. The van der Waals surface area contributed by atoms with Gasteiger partial charge in [-0.05, 0) is 32.9 Å². The number of esters is 1. The minimum Gasteiger partial charge on any atom is -0.467 e. The van der Waals surface area contributed by atoms with Crippen molar-refractivity contribution in [1.29, 1.82) is 0 Å². The number of para-hydroxylation sites is 1. The molecule has 0 aliphatic heterocycles. The predicted molar refractivity (Wildman–Crippen MR) is 108 cm³/mol. The Kier molecular flexibility index (Phi) is 4.18. The molecule has 0 N–H and O–H groups in total. The molecule has 0 aliphatic rings. The van der Waals surface area contributed by atoms with Gasteiger partial charge in [-0.2, -0.15) is 4.98 Å². The van der Waals surface area contributed by atoms with Crippen LogP contribution in [0.2, 0.25) is 0 Å². The number of hydrogen-bond donors (Lipinski definition) is 0. The van der Waals surface area contributed by atoms with E-state index in [0.29, 0.717) is 5.78 Å². The number of imidazole rings is 2. The number of methoxy groups -OCH3 is 1. The van der Waals surface area contributed by atoms with Crippen LogP contribution in [0.5, 0.6) is 0 Å². The third-order valence-corrected chi connectivity index (χ3v) is 5.41. The van der Waals surface area contributed by atoms with Gasteiger partial charge in [0.15, 0.2) is 11.2 Å². The molecule has 0 radical (unpaired) electrons. The zero-order chi connectivity index (χ0) is 21.0. The fourth-order valence-electron chi connectivity index (χ4n) is 3.72. The SMILES string of the molecule is COC(=O)[C@@H](C)n1c(=O)c2c(nc3n(-c4ccccc4)c(C)c(C)n23)n(C)c1=O. The van der Waals surface area contributed by atoms with Gasteiger partial charge in [-0.25, -0.2) is 14.2 Å². The second-order valence-corrected chi connectivity index (χ2v) is 6.98. The van der Waals surface area contributed by atoms with Gasteiger partial charge in [0.1, 0.15) is 6.04 Å². The summed E-state index contributed by atoms with van der Waals surface area (Å²) in [4.78, 5) is 42.8. The maximum atomic E-state index is 13.3. The zero-order valence-electron chi connectivity index (χ0n) is 16.8. The topological polar surface area (TPSA) is 92.5 Å². The van der Waals surface area contributed by atoms with Crippen LogP contribution >= 0.6 is 0 Å².